The average molecular weight is 251 g/mol. The molecule has 0 radical (unpaired) electrons. The largest absolute Gasteiger partial charge is 0.385 e. The molecule has 102 valence electrons. The number of imidazole rings is 1. The van der Waals surface area contributed by atoms with Gasteiger partial charge in [0.25, 0.3) is 0 Å². The van der Waals surface area contributed by atoms with Crippen molar-refractivity contribution in [2.75, 3.05) is 25.6 Å². The minimum Gasteiger partial charge on any atom is -0.385 e. The van der Waals surface area contributed by atoms with Crippen LogP contribution in [0.15, 0.2) is 6.20 Å². The third-order valence-electron chi connectivity index (χ3n) is 3.72. The molecule has 1 fully saturated rings. The predicted octanol–water partition coefficient (Wildman–Crippen LogP) is 3.00. The first-order chi connectivity index (χ1) is 8.70. The van der Waals surface area contributed by atoms with Gasteiger partial charge in [-0.05, 0) is 38.5 Å². The van der Waals surface area contributed by atoms with Crippen LogP contribution in [-0.4, -0.2) is 29.8 Å². The van der Waals surface area contributed by atoms with Crippen molar-refractivity contribution in [2.45, 2.75) is 45.6 Å². The van der Waals surface area contributed by atoms with E-state index in [-0.39, 0.29) is 0 Å². The fourth-order valence-electron chi connectivity index (χ4n) is 2.77. The number of anilines is 1. The fraction of sp³-hybridized carbons (Fsp3) is 0.786. The van der Waals surface area contributed by atoms with Crippen LogP contribution >= 0.6 is 0 Å². The lowest BCUT2D eigenvalue weighted by Gasteiger charge is -2.16. The molecule has 18 heavy (non-hydrogen) atoms. The Morgan fingerprint density at radius 1 is 1.50 bits per heavy atom. The van der Waals surface area contributed by atoms with Crippen molar-refractivity contribution in [1.82, 2.24) is 9.55 Å². The molecule has 0 aromatic carbocycles. The molecule has 0 aliphatic heterocycles. The third-order valence-corrected chi connectivity index (χ3v) is 3.72. The van der Waals surface area contributed by atoms with E-state index < -0.39 is 0 Å². The molecule has 0 bridgehead atoms. The summed E-state index contributed by atoms with van der Waals surface area (Å²) in [6.45, 7) is 6.13. The first kappa shape index (κ1) is 13.4. The van der Waals surface area contributed by atoms with Gasteiger partial charge in [0.2, 0.25) is 5.95 Å². The Bertz CT molecular complexity index is 375. The van der Waals surface area contributed by atoms with Gasteiger partial charge in [-0.2, -0.15) is 0 Å². The average Bonchev–Trinajstić information content (AvgIpc) is 2.91. The molecule has 1 heterocycles. The van der Waals surface area contributed by atoms with Crippen molar-refractivity contribution < 1.29 is 4.74 Å². The highest BCUT2D eigenvalue weighted by Gasteiger charge is 2.24. The number of aromatic nitrogens is 2. The molecule has 4 nitrogen and oxygen atoms in total. The van der Waals surface area contributed by atoms with E-state index >= 15 is 0 Å². The van der Waals surface area contributed by atoms with E-state index in [2.05, 4.69) is 34.9 Å². The highest BCUT2D eigenvalue weighted by molar-refractivity contribution is 5.29. The van der Waals surface area contributed by atoms with Crippen molar-refractivity contribution in [3.63, 3.8) is 0 Å². The minimum atomic E-state index is 0.631. The van der Waals surface area contributed by atoms with Crippen molar-refractivity contribution in [3.05, 3.63) is 11.9 Å². The molecule has 2 rings (SSSR count). The van der Waals surface area contributed by atoms with Crippen molar-refractivity contribution >= 4 is 5.95 Å². The number of ether oxygens (including phenoxy) is 1. The molecule has 0 spiro atoms. The number of methoxy groups -OCH3 is 1. The van der Waals surface area contributed by atoms with Crippen LogP contribution in [0.5, 0.6) is 0 Å². The first-order valence-corrected chi connectivity index (χ1v) is 6.99. The first-order valence-electron chi connectivity index (χ1n) is 6.99. The molecule has 4 heteroatoms. The van der Waals surface area contributed by atoms with Gasteiger partial charge in [-0.1, -0.05) is 6.92 Å². The zero-order valence-electron chi connectivity index (χ0n) is 11.8. The van der Waals surface area contributed by atoms with Crippen molar-refractivity contribution in [2.24, 2.45) is 5.92 Å². The molecule has 1 aromatic rings. The SMILES string of the molecule is COCCCNc1nc(C)cn1C1CCC(C)C1. The summed E-state index contributed by atoms with van der Waals surface area (Å²) < 4.78 is 7.40. The van der Waals surface area contributed by atoms with Crippen LogP contribution in [0.3, 0.4) is 0 Å². The lowest BCUT2D eigenvalue weighted by Crippen LogP contribution is -2.13. The zero-order valence-corrected chi connectivity index (χ0v) is 11.8. The standard InChI is InChI=1S/C14H25N3O/c1-11-5-6-13(9-11)17-10-12(2)16-14(17)15-7-4-8-18-3/h10-11,13H,4-9H2,1-3H3,(H,15,16). The van der Waals surface area contributed by atoms with Gasteiger partial charge in [-0.3, -0.25) is 0 Å². The van der Waals surface area contributed by atoms with Gasteiger partial charge in [0.05, 0.1) is 5.69 Å². The molecule has 0 amide bonds. The maximum absolute atomic E-state index is 5.06. The molecular weight excluding hydrogens is 226 g/mol. The van der Waals surface area contributed by atoms with Crippen LogP contribution in [0.25, 0.3) is 0 Å². The molecule has 1 N–H and O–H groups in total. The molecule has 1 saturated carbocycles. The Morgan fingerprint density at radius 2 is 2.33 bits per heavy atom. The third kappa shape index (κ3) is 3.25. The molecule has 1 aliphatic carbocycles. The minimum absolute atomic E-state index is 0.631. The summed E-state index contributed by atoms with van der Waals surface area (Å²) in [7, 11) is 1.74. The lowest BCUT2D eigenvalue weighted by molar-refractivity contribution is 0.197. The fourth-order valence-corrected chi connectivity index (χ4v) is 2.77. The maximum Gasteiger partial charge on any atom is 0.203 e. The second kappa shape index (κ2) is 6.23. The molecular formula is C14H25N3O. The van der Waals surface area contributed by atoms with Gasteiger partial charge in [-0.25, -0.2) is 4.98 Å². The number of nitrogens with one attached hydrogen (secondary N) is 1. The van der Waals surface area contributed by atoms with Crippen LogP contribution in [0.4, 0.5) is 5.95 Å². The summed E-state index contributed by atoms with van der Waals surface area (Å²) >= 11 is 0. The molecule has 1 aliphatic rings. The van der Waals surface area contributed by atoms with E-state index in [0.717, 1.165) is 37.1 Å². The molecule has 1 aromatic heterocycles. The monoisotopic (exact) mass is 251 g/mol. The lowest BCUT2D eigenvalue weighted by atomic mass is 10.1. The summed E-state index contributed by atoms with van der Waals surface area (Å²) in [5, 5.41) is 3.43. The molecule has 2 atom stereocenters. The highest BCUT2D eigenvalue weighted by Crippen LogP contribution is 2.35. The van der Waals surface area contributed by atoms with E-state index in [0.29, 0.717) is 6.04 Å². The van der Waals surface area contributed by atoms with E-state index in [1.807, 2.05) is 0 Å². The van der Waals surface area contributed by atoms with Gasteiger partial charge < -0.3 is 14.6 Å². The Labute approximate surface area is 110 Å². The second-order valence-electron chi connectivity index (χ2n) is 5.46. The van der Waals surface area contributed by atoms with Crippen molar-refractivity contribution in [1.29, 1.82) is 0 Å². The quantitative estimate of drug-likeness (QED) is 0.790. The highest BCUT2D eigenvalue weighted by atomic mass is 16.5. The van der Waals surface area contributed by atoms with Gasteiger partial charge in [0.1, 0.15) is 0 Å². The summed E-state index contributed by atoms with van der Waals surface area (Å²) in [6.07, 6.45) is 7.10. The number of aryl methyl sites for hydroxylation is 1. The topological polar surface area (TPSA) is 39.1 Å². The molecule has 2 unspecified atom stereocenters. The summed E-state index contributed by atoms with van der Waals surface area (Å²) in [5.41, 5.74) is 1.10. The predicted molar refractivity (Wildman–Crippen MR) is 74.0 cm³/mol. The Balaban J connectivity index is 1.96. The van der Waals surface area contributed by atoms with Gasteiger partial charge in [0.15, 0.2) is 0 Å². The Kier molecular flexibility index (Phi) is 4.64. The second-order valence-corrected chi connectivity index (χ2v) is 5.46. The number of hydrogen-bond donors (Lipinski definition) is 1. The number of rotatable bonds is 6. The van der Waals surface area contributed by atoms with Gasteiger partial charge >= 0.3 is 0 Å². The summed E-state index contributed by atoms with van der Waals surface area (Å²) in [4.78, 5) is 4.59. The Hall–Kier alpha value is -1.03. The Morgan fingerprint density at radius 3 is 3.00 bits per heavy atom. The van der Waals surface area contributed by atoms with Gasteiger partial charge in [-0.15, -0.1) is 0 Å². The number of nitrogens with zero attached hydrogens (tertiary/aromatic N) is 2. The smallest absolute Gasteiger partial charge is 0.203 e. The van der Waals surface area contributed by atoms with E-state index in [1.54, 1.807) is 7.11 Å². The molecule has 0 saturated heterocycles. The van der Waals surface area contributed by atoms with Crippen LogP contribution < -0.4 is 5.32 Å². The number of hydrogen-bond acceptors (Lipinski definition) is 3. The van der Waals surface area contributed by atoms with Crippen molar-refractivity contribution in [3.8, 4) is 0 Å². The summed E-state index contributed by atoms with van der Waals surface area (Å²) in [5.74, 6) is 1.88. The van der Waals surface area contributed by atoms with E-state index in [4.69, 9.17) is 4.74 Å². The van der Waals surface area contributed by atoms with Crippen LogP contribution in [0.1, 0.15) is 44.3 Å². The maximum atomic E-state index is 5.06. The van der Waals surface area contributed by atoms with E-state index in [1.165, 1.54) is 19.3 Å². The normalized spacial score (nSPS) is 23.5. The van der Waals surface area contributed by atoms with Crippen LogP contribution in [0.2, 0.25) is 0 Å². The van der Waals surface area contributed by atoms with Crippen LogP contribution in [0, 0.1) is 12.8 Å². The van der Waals surface area contributed by atoms with E-state index in [9.17, 15) is 0 Å². The summed E-state index contributed by atoms with van der Waals surface area (Å²) in [6, 6.07) is 0.631. The zero-order chi connectivity index (χ0) is 13.0. The van der Waals surface area contributed by atoms with Gasteiger partial charge in [0, 0.05) is 32.5 Å². The van der Waals surface area contributed by atoms with Crippen LogP contribution in [-0.2, 0) is 4.74 Å².